The van der Waals surface area contributed by atoms with Gasteiger partial charge >= 0.3 is 7.60 Å². The lowest BCUT2D eigenvalue weighted by Crippen LogP contribution is -2.20. The fourth-order valence-corrected chi connectivity index (χ4v) is 5.42. The molecular formula is C22H33N2O6P. The predicted molar refractivity (Wildman–Crippen MR) is 122 cm³/mol. The fraction of sp³-hybridized carbons (Fsp3) is 0.500. The SMILES string of the molecule is COc1cc(C(CP(=O)(OC(C)C)OC(C)C)Nc2cccnc2)cc(OC)c1OC. The molecule has 1 aromatic heterocycles. The van der Waals surface area contributed by atoms with Crippen molar-refractivity contribution in [2.75, 3.05) is 32.8 Å². The number of aromatic nitrogens is 1. The molecule has 0 saturated heterocycles. The summed E-state index contributed by atoms with van der Waals surface area (Å²) < 4.78 is 41.7. The third-order valence-corrected chi connectivity index (χ3v) is 6.54. The topological polar surface area (TPSA) is 88.1 Å². The maximum Gasteiger partial charge on any atom is 0.333 e. The van der Waals surface area contributed by atoms with Crippen LogP contribution in [0.15, 0.2) is 36.7 Å². The molecule has 0 amide bonds. The molecule has 172 valence electrons. The van der Waals surface area contributed by atoms with Crippen LogP contribution in [0.4, 0.5) is 5.69 Å². The van der Waals surface area contributed by atoms with E-state index in [2.05, 4.69) is 10.3 Å². The summed E-state index contributed by atoms with van der Waals surface area (Å²) in [5.74, 6) is 1.48. The fourth-order valence-electron chi connectivity index (χ4n) is 3.16. The molecule has 0 aliphatic carbocycles. The van der Waals surface area contributed by atoms with Crippen molar-refractivity contribution in [2.45, 2.75) is 45.9 Å². The molecule has 0 aliphatic rings. The third-order valence-electron chi connectivity index (χ3n) is 4.24. The second-order valence-electron chi connectivity index (χ2n) is 7.50. The zero-order chi connectivity index (χ0) is 23.0. The van der Waals surface area contributed by atoms with Gasteiger partial charge in [0.15, 0.2) is 11.5 Å². The van der Waals surface area contributed by atoms with Crippen molar-refractivity contribution in [2.24, 2.45) is 0 Å². The minimum absolute atomic E-state index is 0.0941. The molecule has 0 fully saturated rings. The van der Waals surface area contributed by atoms with Crippen LogP contribution in [-0.2, 0) is 13.6 Å². The number of hydrogen-bond donors (Lipinski definition) is 1. The Hall–Kier alpha value is -2.28. The van der Waals surface area contributed by atoms with E-state index in [1.54, 1.807) is 33.7 Å². The summed E-state index contributed by atoms with van der Waals surface area (Å²) >= 11 is 0. The molecule has 0 bridgehead atoms. The number of pyridine rings is 1. The Balaban J connectivity index is 2.53. The van der Waals surface area contributed by atoms with Crippen molar-refractivity contribution in [1.29, 1.82) is 0 Å². The molecule has 0 radical (unpaired) electrons. The highest BCUT2D eigenvalue weighted by molar-refractivity contribution is 7.53. The lowest BCUT2D eigenvalue weighted by atomic mass is 10.1. The van der Waals surface area contributed by atoms with Gasteiger partial charge in [-0.3, -0.25) is 9.55 Å². The highest BCUT2D eigenvalue weighted by atomic mass is 31.2. The number of anilines is 1. The van der Waals surface area contributed by atoms with E-state index in [1.807, 2.05) is 52.0 Å². The Morgan fingerprint density at radius 1 is 0.968 bits per heavy atom. The minimum atomic E-state index is -3.45. The van der Waals surface area contributed by atoms with Crippen LogP contribution >= 0.6 is 7.60 Å². The normalized spacial score (nSPS) is 12.7. The van der Waals surface area contributed by atoms with E-state index >= 15 is 0 Å². The Kier molecular flexibility index (Phi) is 9.16. The highest BCUT2D eigenvalue weighted by Crippen LogP contribution is 2.54. The second kappa shape index (κ2) is 11.4. The molecule has 1 atom stereocenters. The maximum absolute atomic E-state index is 13.7. The van der Waals surface area contributed by atoms with Crippen molar-refractivity contribution in [3.63, 3.8) is 0 Å². The van der Waals surface area contributed by atoms with E-state index < -0.39 is 13.6 Å². The molecule has 1 heterocycles. The molecule has 1 unspecified atom stereocenters. The summed E-state index contributed by atoms with van der Waals surface area (Å²) in [6, 6.07) is 6.91. The van der Waals surface area contributed by atoms with E-state index in [0.717, 1.165) is 11.3 Å². The first kappa shape index (κ1) is 25.0. The number of methoxy groups -OCH3 is 3. The standard InChI is InChI=1S/C22H33N2O6P/c1-15(2)29-31(25,30-16(3)4)14-19(24-18-9-8-10-23-13-18)17-11-20(26-5)22(28-7)21(12-17)27-6/h8-13,15-16,19,24H,14H2,1-7H3. The van der Waals surface area contributed by atoms with Gasteiger partial charge in [-0.25, -0.2) is 0 Å². The summed E-state index contributed by atoms with van der Waals surface area (Å²) in [6.07, 6.45) is 2.96. The van der Waals surface area contributed by atoms with E-state index in [-0.39, 0.29) is 18.4 Å². The first-order valence-corrected chi connectivity index (χ1v) is 11.9. The molecule has 2 aromatic rings. The summed E-state index contributed by atoms with van der Waals surface area (Å²) in [5.41, 5.74) is 1.54. The van der Waals surface area contributed by atoms with Crippen LogP contribution in [0.1, 0.15) is 39.3 Å². The van der Waals surface area contributed by atoms with E-state index in [0.29, 0.717) is 17.2 Å². The molecule has 0 aliphatic heterocycles. The van der Waals surface area contributed by atoms with E-state index in [1.165, 1.54) is 0 Å². The summed E-state index contributed by atoms with van der Waals surface area (Å²) in [5, 5.41) is 3.39. The van der Waals surface area contributed by atoms with Gasteiger partial charge in [-0.15, -0.1) is 0 Å². The summed E-state index contributed by atoms with van der Waals surface area (Å²) in [6.45, 7) is 7.33. The van der Waals surface area contributed by atoms with Crippen LogP contribution in [0, 0.1) is 0 Å². The molecular weight excluding hydrogens is 419 g/mol. The summed E-state index contributed by atoms with van der Waals surface area (Å²) in [4.78, 5) is 4.16. The molecule has 2 rings (SSSR count). The van der Waals surface area contributed by atoms with Crippen molar-refractivity contribution < 1.29 is 27.8 Å². The third kappa shape index (κ3) is 7.13. The van der Waals surface area contributed by atoms with Gasteiger partial charge in [0.25, 0.3) is 0 Å². The van der Waals surface area contributed by atoms with Gasteiger partial charge in [-0.1, -0.05) is 0 Å². The van der Waals surface area contributed by atoms with Crippen LogP contribution < -0.4 is 19.5 Å². The maximum atomic E-state index is 13.7. The molecule has 31 heavy (non-hydrogen) atoms. The summed E-state index contributed by atoms with van der Waals surface area (Å²) in [7, 11) is 1.21. The molecule has 8 nitrogen and oxygen atoms in total. The quantitative estimate of drug-likeness (QED) is 0.434. The van der Waals surface area contributed by atoms with Crippen molar-refractivity contribution in [1.82, 2.24) is 4.98 Å². The number of benzene rings is 1. The number of rotatable bonds is 12. The van der Waals surface area contributed by atoms with Gasteiger partial charge in [-0.05, 0) is 57.5 Å². The first-order chi connectivity index (χ1) is 14.7. The smallest absolute Gasteiger partial charge is 0.333 e. The molecule has 9 heteroatoms. The van der Waals surface area contributed by atoms with Crippen LogP contribution in [0.3, 0.4) is 0 Å². The van der Waals surface area contributed by atoms with Crippen molar-refractivity contribution in [3.05, 3.63) is 42.2 Å². The highest BCUT2D eigenvalue weighted by Gasteiger charge is 2.33. The minimum Gasteiger partial charge on any atom is -0.493 e. The zero-order valence-corrected chi connectivity index (χ0v) is 20.1. The molecule has 1 N–H and O–H groups in total. The average molecular weight is 452 g/mol. The molecule has 0 saturated carbocycles. The van der Waals surface area contributed by atoms with Gasteiger partial charge in [0.05, 0.1) is 51.4 Å². The lowest BCUT2D eigenvalue weighted by Gasteiger charge is -2.28. The number of nitrogens with one attached hydrogen (secondary N) is 1. The number of ether oxygens (including phenoxy) is 3. The van der Waals surface area contributed by atoms with E-state index in [9.17, 15) is 4.57 Å². The van der Waals surface area contributed by atoms with Crippen LogP contribution in [-0.4, -0.2) is 44.7 Å². The predicted octanol–water partition coefficient (Wildman–Crippen LogP) is 5.30. The Morgan fingerprint density at radius 2 is 1.55 bits per heavy atom. The molecule has 1 aromatic carbocycles. The molecule has 0 spiro atoms. The van der Waals surface area contributed by atoms with Gasteiger partial charge in [0.1, 0.15) is 0 Å². The zero-order valence-electron chi connectivity index (χ0n) is 19.2. The van der Waals surface area contributed by atoms with Gasteiger partial charge in [-0.2, -0.15) is 0 Å². The average Bonchev–Trinajstić information content (AvgIpc) is 2.71. The largest absolute Gasteiger partial charge is 0.493 e. The van der Waals surface area contributed by atoms with Crippen molar-refractivity contribution in [3.8, 4) is 17.2 Å². The van der Waals surface area contributed by atoms with Crippen LogP contribution in [0.5, 0.6) is 17.2 Å². The lowest BCUT2D eigenvalue weighted by molar-refractivity contribution is 0.142. The van der Waals surface area contributed by atoms with Gasteiger partial charge in [0.2, 0.25) is 5.75 Å². The Morgan fingerprint density at radius 3 is 1.97 bits per heavy atom. The van der Waals surface area contributed by atoms with Crippen molar-refractivity contribution >= 4 is 13.3 Å². The van der Waals surface area contributed by atoms with Crippen LogP contribution in [0.25, 0.3) is 0 Å². The second-order valence-corrected chi connectivity index (χ2v) is 9.51. The van der Waals surface area contributed by atoms with Gasteiger partial charge in [0, 0.05) is 12.4 Å². The Labute approximate surface area is 184 Å². The monoisotopic (exact) mass is 452 g/mol. The van der Waals surface area contributed by atoms with Crippen LogP contribution in [0.2, 0.25) is 0 Å². The van der Waals surface area contributed by atoms with Gasteiger partial charge < -0.3 is 28.6 Å². The number of nitrogens with zero attached hydrogens (tertiary/aromatic N) is 1. The number of hydrogen-bond acceptors (Lipinski definition) is 8. The van der Waals surface area contributed by atoms with E-state index in [4.69, 9.17) is 23.3 Å². The first-order valence-electron chi connectivity index (χ1n) is 10.1. The Bertz CT molecular complexity index is 837.